The Balaban J connectivity index is 1.90. The van der Waals surface area contributed by atoms with Crippen molar-refractivity contribution in [2.75, 3.05) is 33.5 Å². The lowest BCUT2D eigenvalue weighted by atomic mass is 10.5. The van der Waals surface area contributed by atoms with Crippen LogP contribution in [0.25, 0.3) is 4.96 Å². The number of methoxy groups -OCH3 is 1. The Morgan fingerprint density at radius 1 is 1.43 bits per heavy atom. The molecule has 0 unspecified atom stereocenters. The van der Waals surface area contributed by atoms with Crippen molar-refractivity contribution in [3.8, 4) is 0 Å². The first-order valence-electron chi connectivity index (χ1n) is 6.23. The number of imidazole rings is 1. The van der Waals surface area contributed by atoms with Crippen LogP contribution < -0.4 is 4.72 Å². The van der Waals surface area contributed by atoms with Crippen LogP contribution in [0.2, 0.25) is 5.15 Å². The number of fused-ring (bicyclic) bond motifs is 1. The molecule has 0 aromatic carbocycles. The molecular weight excluding hydrogens is 338 g/mol. The molecule has 0 radical (unpaired) electrons. The lowest BCUT2D eigenvalue weighted by Gasteiger charge is -2.06. The van der Waals surface area contributed by atoms with Gasteiger partial charge in [0, 0.05) is 31.8 Å². The molecule has 0 aliphatic rings. The van der Waals surface area contributed by atoms with Crippen LogP contribution in [0.1, 0.15) is 6.42 Å². The van der Waals surface area contributed by atoms with E-state index < -0.39 is 10.0 Å². The molecule has 2 heterocycles. The van der Waals surface area contributed by atoms with Gasteiger partial charge in [-0.15, -0.1) is 11.3 Å². The second kappa shape index (κ2) is 7.52. The van der Waals surface area contributed by atoms with Crippen molar-refractivity contribution in [1.82, 2.24) is 14.1 Å². The molecule has 0 atom stereocenters. The van der Waals surface area contributed by atoms with E-state index in [1.807, 2.05) is 0 Å². The fourth-order valence-corrected chi connectivity index (χ4v) is 4.19. The van der Waals surface area contributed by atoms with Crippen LogP contribution in [0.4, 0.5) is 0 Å². The van der Waals surface area contributed by atoms with Crippen molar-refractivity contribution in [3.05, 3.63) is 16.7 Å². The van der Waals surface area contributed by atoms with Crippen molar-refractivity contribution in [3.63, 3.8) is 0 Å². The number of halogens is 1. The second-order valence-corrected chi connectivity index (χ2v) is 7.03. The van der Waals surface area contributed by atoms with Gasteiger partial charge >= 0.3 is 0 Å². The molecule has 0 amide bonds. The Kier molecular flexibility index (Phi) is 5.97. The number of sulfonamides is 1. The van der Waals surface area contributed by atoms with Crippen LogP contribution >= 0.6 is 22.9 Å². The van der Waals surface area contributed by atoms with Gasteiger partial charge in [0.1, 0.15) is 0 Å². The van der Waals surface area contributed by atoms with Crippen LogP contribution in [0.3, 0.4) is 0 Å². The quantitative estimate of drug-likeness (QED) is 0.689. The average Bonchev–Trinajstić information content (AvgIpc) is 2.96. The molecule has 0 bridgehead atoms. The van der Waals surface area contributed by atoms with Crippen LogP contribution in [-0.4, -0.2) is 51.3 Å². The predicted molar refractivity (Wildman–Crippen MR) is 80.6 cm³/mol. The highest BCUT2D eigenvalue weighted by Gasteiger charge is 2.24. The fourth-order valence-electron chi connectivity index (χ4n) is 1.67. The average molecular weight is 354 g/mol. The summed E-state index contributed by atoms with van der Waals surface area (Å²) in [7, 11) is -2.10. The summed E-state index contributed by atoms with van der Waals surface area (Å²) >= 11 is 7.23. The van der Waals surface area contributed by atoms with Gasteiger partial charge in [-0.2, -0.15) is 0 Å². The van der Waals surface area contributed by atoms with Gasteiger partial charge in [-0.05, 0) is 6.42 Å². The summed E-state index contributed by atoms with van der Waals surface area (Å²) in [5, 5.41) is 1.70. The zero-order chi connectivity index (χ0) is 15.3. The van der Waals surface area contributed by atoms with Gasteiger partial charge in [0.2, 0.25) is 0 Å². The van der Waals surface area contributed by atoms with E-state index >= 15 is 0 Å². The minimum Gasteiger partial charge on any atom is -0.382 e. The smallest absolute Gasteiger partial charge is 0.259 e. The minimum atomic E-state index is -3.70. The number of rotatable bonds is 9. The van der Waals surface area contributed by atoms with E-state index in [2.05, 4.69) is 9.71 Å². The molecule has 0 aliphatic carbocycles. The lowest BCUT2D eigenvalue weighted by Crippen LogP contribution is -2.27. The van der Waals surface area contributed by atoms with Crippen molar-refractivity contribution in [1.29, 1.82) is 0 Å². The Bertz CT molecular complexity index is 683. The van der Waals surface area contributed by atoms with E-state index in [1.54, 1.807) is 18.7 Å². The third-order valence-electron chi connectivity index (χ3n) is 2.62. The molecule has 1 N–H and O–H groups in total. The summed E-state index contributed by atoms with van der Waals surface area (Å²) in [5.41, 5.74) is 0. The number of nitrogens with zero attached hydrogens (tertiary/aromatic N) is 2. The molecule has 2 aromatic rings. The Morgan fingerprint density at radius 3 is 3.00 bits per heavy atom. The molecule has 0 saturated heterocycles. The minimum absolute atomic E-state index is 0.0225. The molecule has 21 heavy (non-hydrogen) atoms. The van der Waals surface area contributed by atoms with E-state index in [-0.39, 0.29) is 16.7 Å². The molecule has 118 valence electrons. The molecule has 0 fully saturated rings. The molecule has 0 saturated carbocycles. The van der Waals surface area contributed by atoms with Crippen LogP contribution in [0.15, 0.2) is 16.6 Å². The standard InChI is InChI=1S/C11H16ClN3O4S2/c1-18-6-7-19-5-2-3-13-21(16,17)10-9(12)14-11-15(10)4-8-20-11/h4,8,13H,2-3,5-7H2,1H3. The number of aromatic nitrogens is 2. The van der Waals surface area contributed by atoms with Gasteiger partial charge in [0.25, 0.3) is 10.0 Å². The van der Waals surface area contributed by atoms with Crippen molar-refractivity contribution in [2.24, 2.45) is 0 Å². The topological polar surface area (TPSA) is 81.9 Å². The van der Waals surface area contributed by atoms with Gasteiger partial charge in [0.15, 0.2) is 15.1 Å². The lowest BCUT2D eigenvalue weighted by molar-refractivity contribution is 0.0699. The summed E-state index contributed by atoms with van der Waals surface area (Å²) in [6, 6.07) is 0. The van der Waals surface area contributed by atoms with Crippen molar-refractivity contribution >= 4 is 37.9 Å². The summed E-state index contributed by atoms with van der Waals surface area (Å²) in [6.07, 6.45) is 2.19. The number of hydrogen-bond acceptors (Lipinski definition) is 6. The zero-order valence-electron chi connectivity index (χ0n) is 11.4. The molecule has 10 heteroatoms. The number of ether oxygens (including phenoxy) is 2. The Labute approximate surface area is 131 Å². The maximum Gasteiger partial charge on any atom is 0.259 e. The van der Waals surface area contributed by atoms with Crippen molar-refractivity contribution in [2.45, 2.75) is 11.4 Å². The molecule has 2 rings (SSSR count). The zero-order valence-corrected chi connectivity index (χ0v) is 13.8. The molecule has 7 nitrogen and oxygen atoms in total. The molecular formula is C11H16ClN3O4S2. The number of thiazole rings is 1. The van der Waals surface area contributed by atoms with Gasteiger partial charge in [-0.3, -0.25) is 4.40 Å². The summed E-state index contributed by atoms with van der Waals surface area (Å²) < 4.78 is 38.6. The Morgan fingerprint density at radius 2 is 2.24 bits per heavy atom. The van der Waals surface area contributed by atoms with Crippen LogP contribution in [0, 0.1) is 0 Å². The number of hydrogen-bond donors (Lipinski definition) is 1. The third-order valence-corrected chi connectivity index (χ3v) is 5.24. The maximum atomic E-state index is 12.2. The first kappa shape index (κ1) is 16.7. The monoisotopic (exact) mass is 353 g/mol. The van der Waals surface area contributed by atoms with Crippen LogP contribution in [0.5, 0.6) is 0 Å². The maximum absolute atomic E-state index is 12.2. The predicted octanol–water partition coefficient (Wildman–Crippen LogP) is 1.38. The third kappa shape index (κ3) is 4.15. The molecule has 2 aromatic heterocycles. The molecule has 0 spiro atoms. The van der Waals surface area contributed by atoms with Crippen LogP contribution in [-0.2, 0) is 19.5 Å². The summed E-state index contributed by atoms with van der Waals surface area (Å²) in [6.45, 7) is 1.74. The van der Waals surface area contributed by atoms with Gasteiger partial charge in [-0.1, -0.05) is 11.6 Å². The number of nitrogens with one attached hydrogen (secondary N) is 1. The first-order chi connectivity index (χ1) is 10.1. The van der Waals surface area contributed by atoms with E-state index in [0.29, 0.717) is 31.2 Å². The SMILES string of the molecule is COCCOCCCNS(=O)(=O)c1c(Cl)nc2sccn12. The van der Waals surface area contributed by atoms with E-state index in [9.17, 15) is 8.42 Å². The van der Waals surface area contributed by atoms with E-state index in [0.717, 1.165) is 0 Å². The van der Waals surface area contributed by atoms with Gasteiger partial charge in [0.05, 0.1) is 13.2 Å². The molecule has 0 aliphatic heterocycles. The van der Waals surface area contributed by atoms with E-state index in [4.69, 9.17) is 21.1 Å². The van der Waals surface area contributed by atoms with Gasteiger partial charge < -0.3 is 9.47 Å². The fraction of sp³-hybridized carbons (Fsp3) is 0.545. The van der Waals surface area contributed by atoms with E-state index in [1.165, 1.54) is 15.7 Å². The highest BCUT2D eigenvalue weighted by atomic mass is 35.5. The van der Waals surface area contributed by atoms with Gasteiger partial charge in [-0.25, -0.2) is 18.1 Å². The highest BCUT2D eigenvalue weighted by Crippen LogP contribution is 2.24. The summed E-state index contributed by atoms with van der Waals surface area (Å²) in [4.78, 5) is 4.55. The van der Waals surface area contributed by atoms with Crippen molar-refractivity contribution < 1.29 is 17.9 Å². The second-order valence-electron chi connectivity index (χ2n) is 4.12. The Hall–Kier alpha value is -0.710. The highest BCUT2D eigenvalue weighted by molar-refractivity contribution is 7.89. The normalized spacial score (nSPS) is 12.3. The largest absolute Gasteiger partial charge is 0.382 e. The summed E-state index contributed by atoms with van der Waals surface area (Å²) in [5.74, 6) is 0. The first-order valence-corrected chi connectivity index (χ1v) is 8.97.